The van der Waals surface area contributed by atoms with Crippen LogP contribution in [-0.2, 0) is 0 Å². The Hall–Kier alpha value is -0.440. The lowest BCUT2D eigenvalue weighted by Crippen LogP contribution is -1.96. The van der Waals surface area contributed by atoms with Gasteiger partial charge in [-0.15, -0.1) is 0 Å². The first kappa shape index (κ1) is 10.1. The summed E-state index contributed by atoms with van der Waals surface area (Å²) < 4.78 is 25.9. The number of hydrogen-bond donors (Lipinski definition) is 0. The van der Waals surface area contributed by atoms with Gasteiger partial charge in [0, 0.05) is 10.9 Å². The summed E-state index contributed by atoms with van der Waals surface area (Å²) in [4.78, 5) is 0.499. The first-order valence-corrected chi connectivity index (χ1v) is 5.67. The zero-order valence-electron chi connectivity index (χ0n) is 7.64. The predicted molar refractivity (Wildman–Crippen MR) is 55.7 cm³/mol. The molecule has 0 N–H and O–H groups in total. The van der Waals surface area contributed by atoms with Crippen molar-refractivity contribution < 1.29 is 8.78 Å². The summed E-state index contributed by atoms with van der Waals surface area (Å²) in [6, 6.07) is 3.81. The molecule has 0 heterocycles. The minimum Gasteiger partial charge on any atom is -0.207 e. The third-order valence-electron chi connectivity index (χ3n) is 2.72. The van der Waals surface area contributed by atoms with E-state index in [9.17, 15) is 8.78 Å². The molecular formula is C11H11BrF2. The lowest BCUT2D eigenvalue weighted by atomic mass is 9.98. The molecule has 0 nitrogen and oxygen atoms in total. The van der Waals surface area contributed by atoms with E-state index >= 15 is 0 Å². The number of alkyl halides is 1. The summed E-state index contributed by atoms with van der Waals surface area (Å²) in [5.74, 6) is -0.638. The molecule has 2 atom stereocenters. The van der Waals surface area contributed by atoms with Crippen molar-refractivity contribution in [1.82, 2.24) is 0 Å². The minimum atomic E-state index is -0.474. The molecule has 1 fully saturated rings. The normalized spacial score (nSPS) is 26.8. The Kier molecular flexibility index (Phi) is 2.86. The van der Waals surface area contributed by atoms with Crippen molar-refractivity contribution in [3.63, 3.8) is 0 Å². The van der Waals surface area contributed by atoms with Crippen molar-refractivity contribution in [3.05, 3.63) is 35.4 Å². The van der Waals surface area contributed by atoms with Crippen molar-refractivity contribution in [3.8, 4) is 0 Å². The van der Waals surface area contributed by atoms with Crippen molar-refractivity contribution in [2.45, 2.75) is 30.0 Å². The molecule has 1 saturated carbocycles. The van der Waals surface area contributed by atoms with Gasteiger partial charge in [0.1, 0.15) is 11.6 Å². The lowest BCUT2D eigenvalue weighted by molar-refractivity contribution is 0.573. The van der Waals surface area contributed by atoms with E-state index in [-0.39, 0.29) is 0 Å². The maximum absolute atomic E-state index is 12.9. The van der Waals surface area contributed by atoms with Crippen LogP contribution in [0.5, 0.6) is 0 Å². The van der Waals surface area contributed by atoms with Gasteiger partial charge >= 0.3 is 0 Å². The smallest absolute Gasteiger partial charge is 0.126 e. The van der Waals surface area contributed by atoms with Crippen LogP contribution < -0.4 is 0 Å². The van der Waals surface area contributed by atoms with E-state index in [0.717, 1.165) is 30.9 Å². The lowest BCUT2D eigenvalue weighted by Gasteiger charge is -2.09. The Morgan fingerprint density at radius 3 is 2.21 bits per heavy atom. The largest absolute Gasteiger partial charge is 0.207 e. The van der Waals surface area contributed by atoms with Crippen LogP contribution >= 0.6 is 15.9 Å². The Bertz CT molecular complexity index is 318. The molecule has 0 radical (unpaired) electrons. The fourth-order valence-corrected chi connectivity index (χ4v) is 2.76. The van der Waals surface area contributed by atoms with Gasteiger partial charge < -0.3 is 0 Å². The molecule has 2 rings (SSSR count). The van der Waals surface area contributed by atoms with Crippen LogP contribution in [-0.4, -0.2) is 4.83 Å². The van der Waals surface area contributed by atoms with E-state index in [2.05, 4.69) is 15.9 Å². The van der Waals surface area contributed by atoms with Crippen LogP contribution in [0.25, 0.3) is 0 Å². The van der Waals surface area contributed by atoms with Crippen LogP contribution in [0.2, 0.25) is 0 Å². The van der Waals surface area contributed by atoms with Gasteiger partial charge in [-0.3, -0.25) is 0 Å². The highest BCUT2D eigenvalue weighted by Crippen LogP contribution is 2.38. The van der Waals surface area contributed by atoms with Crippen molar-refractivity contribution in [2.24, 2.45) is 0 Å². The van der Waals surface area contributed by atoms with Gasteiger partial charge in [-0.25, -0.2) is 8.78 Å². The average molecular weight is 261 g/mol. The molecular weight excluding hydrogens is 250 g/mol. The van der Waals surface area contributed by atoms with Crippen molar-refractivity contribution in [1.29, 1.82) is 0 Å². The first-order chi connectivity index (χ1) is 6.65. The summed E-state index contributed by atoms with van der Waals surface area (Å²) in [6.07, 6.45) is 3.07. The molecule has 1 aromatic carbocycles. The highest BCUT2D eigenvalue weighted by Gasteiger charge is 2.24. The average Bonchev–Trinajstić information content (AvgIpc) is 2.50. The van der Waals surface area contributed by atoms with E-state index in [1.807, 2.05) is 0 Å². The molecule has 0 amide bonds. The monoisotopic (exact) mass is 260 g/mol. The fourth-order valence-electron chi connectivity index (χ4n) is 2.04. The van der Waals surface area contributed by atoms with Crippen LogP contribution in [0.1, 0.15) is 30.7 Å². The van der Waals surface area contributed by atoms with Gasteiger partial charge in [-0.2, -0.15) is 0 Å². The molecule has 0 spiro atoms. The second kappa shape index (κ2) is 3.97. The molecule has 0 aliphatic heterocycles. The number of hydrogen-bond acceptors (Lipinski definition) is 0. The zero-order valence-corrected chi connectivity index (χ0v) is 9.23. The van der Waals surface area contributed by atoms with Gasteiger partial charge in [-0.05, 0) is 42.9 Å². The number of benzene rings is 1. The summed E-state index contributed by atoms with van der Waals surface area (Å²) in [5, 5.41) is 0. The first-order valence-electron chi connectivity index (χ1n) is 4.75. The number of halogens is 3. The molecule has 1 aliphatic rings. The molecule has 76 valence electrons. The molecule has 0 unspecified atom stereocenters. The van der Waals surface area contributed by atoms with Crippen LogP contribution in [0.3, 0.4) is 0 Å². The van der Waals surface area contributed by atoms with Gasteiger partial charge in [0.15, 0.2) is 0 Å². The molecule has 3 heteroatoms. The highest BCUT2D eigenvalue weighted by atomic mass is 79.9. The molecule has 14 heavy (non-hydrogen) atoms. The Labute approximate surface area is 90.4 Å². The third kappa shape index (κ3) is 2.14. The van der Waals surface area contributed by atoms with Gasteiger partial charge in [0.25, 0.3) is 0 Å². The Morgan fingerprint density at radius 1 is 1.07 bits per heavy atom. The zero-order chi connectivity index (χ0) is 10.1. The quantitative estimate of drug-likeness (QED) is 0.670. The highest BCUT2D eigenvalue weighted by molar-refractivity contribution is 9.09. The van der Waals surface area contributed by atoms with Gasteiger partial charge in [0.2, 0.25) is 0 Å². The third-order valence-corrected chi connectivity index (χ3v) is 3.56. The maximum atomic E-state index is 12.9. The molecule has 1 aromatic rings. The second-order valence-electron chi connectivity index (χ2n) is 3.81. The van der Waals surface area contributed by atoms with E-state index in [4.69, 9.17) is 0 Å². The van der Waals surface area contributed by atoms with E-state index in [1.165, 1.54) is 12.1 Å². The van der Waals surface area contributed by atoms with Crippen LogP contribution in [0.15, 0.2) is 18.2 Å². The summed E-state index contributed by atoms with van der Waals surface area (Å²) in [7, 11) is 0. The van der Waals surface area contributed by atoms with E-state index < -0.39 is 11.6 Å². The van der Waals surface area contributed by atoms with Gasteiger partial charge in [-0.1, -0.05) is 15.9 Å². The van der Waals surface area contributed by atoms with Crippen molar-refractivity contribution >= 4 is 15.9 Å². The summed E-state index contributed by atoms with van der Waals surface area (Å²) >= 11 is 3.53. The molecule has 0 aromatic heterocycles. The summed E-state index contributed by atoms with van der Waals surface area (Å²) in [5.41, 5.74) is 0.796. The Morgan fingerprint density at radius 2 is 1.71 bits per heavy atom. The SMILES string of the molecule is Fc1cc(F)cc([C@@H]2CC[C@H](Br)C2)c1. The minimum absolute atomic E-state index is 0.310. The Balaban J connectivity index is 2.23. The van der Waals surface area contributed by atoms with Crippen LogP contribution in [0.4, 0.5) is 8.78 Å². The van der Waals surface area contributed by atoms with Gasteiger partial charge in [0.05, 0.1) is 0 Å². The standard InChI is InChI=1S/C11H11BrF2/c12-9-2-1-7(3-9)8-4-10(13)6-11(14)5-8/h4-7,9H,1-3H2/t7-,9+/m1/s1. The topological polar surface area (TPSA) is 0 Å². The van der Waals surface area contributed by atoms with E-state index in [1.54, 1.807) is 0 Å². The molecule has 1 aliphatic carbocycles. The maximum Gasteiger partial charge on any atom is 0.126 e. The molecule has 0 bridgehead atoms. The summed E-state index contributed by atoms with van der Waals surface area (Å²) in [6.45, 7) is 0. The number of rotatable bonds is 1. The predicted octanol–water partition coefficient (Wildman–Crippen LogP) is 4.00. The van der Waals surface area contributed by atoms with Crippen molar-refractivity contribution in [2.75, 3.05) is 0 Å². The van der Waals surface area contributed by atoms with Crippen LogP contribution in [0, 0.1) is 11.6 Å². The fraction of sp³-hybridized carbons (Fsp3) is 0.455. The molecule has 0 saturated heterocycles. The second-order valence-corrected chi connectivity index (χ2v) is 5.11. The van der Waals surface area contributed by atoms with E-state index in [0.29, 0.717) is 10.7 Å².